The summed E-state index contributed by atoms with van der Waals surface area (Å²) < 4.78 is 23.5. The van der Waals surface area contributed by atoms with E-state index < -0.39 is 6.43 Å². The molecule has 12 heavy (non-hydrogen) atoms. The van der Waals surface area contributed by atoms with E-state index in [9.17, 15) is 8.78 Å². The molecule has 0 radical (unpaired) electrons. The van der Waals surface area contributed by atoms with E-state index in [2.05, 4.69) is 0 Å². The third-order valence-electron chi connectivity index (χ3n) is 1.21. The Labute approximate surface area is 73.4 Å². The fourth-order valence-corrected chi connectivity index (χ4v) is 1.35. The van der Waals surface area contributed by atoms with Crippen LogP contribution in [0.5, 0.6) is 5.75 Å². The highest BCUT2D eigenvalue weighted by Gasteiger charge is 2.02. The average Bonchev–Trinajstić information content (AvgIpc) is 2.03. The zero-order valence-electron chi connectivity index (χ0n) is 6.21. The van der Waals surface area contributed by atoms with E-state index in [1.165, 1.54) is 12.1 Å². The maximum Gasteiger partial charge on any atom is 0.247 e. The Morgan fingerprint density at radius 2 is 1.83 bits per heavy atom. The minimum absolute atomic E-state index is 0.149. The number of hydrogen-bond donors (Lipinski definition) is 1. The summed E-state index contributed by atoms with van der Waals surface area (Å²) in [7, 11) is 0. The highest BCUT2D eigenvalue weighted by atomic mass is 32.2. The molecule has 0 unspecified atom stereocenters. The Morgan fingerprint density at radius 1 is 1.25 bits per heavy atom. The molecule has 1 aromatic rings. The largest absolute Gasteiger partial charge is 0.508 e. The zero-order valence-corrected chi connectivity index (χ0v) is 7.02. The van der Waals surface area contributed by atoms with Gasteiger partial charge in [-0.3, -0.25) is 0 Å². The van der Waals surface area contributed by atoms with Gasteiger partial charge in [-0.25, -0.2) is 8.78 Å². The fourth-order valence-electron chi connectivity index (χ4n) is 0.702. The van der Waals surface area contributed by atoms with Crippen LogP contribution in [0.2, 0.25) is 0 Å². The van der Waals surface area contributed by atoms with Gasteiger partial charge in [0.2, 0.25) is 6.43 Å². The van der Waals surface area contributed by atoms with Crippen molar-refractivity contribution >= 4 is 11.8 Å². The quantitative estimate of drug-likeness (QED) is 0.739. The van der Waals surface area contributed by atoms with Crippen molar-refractivity contribution in [1.82, 2.24) is 0 Å². The molecule has 1 rings (SSSR count). The summed E-state index contributed by atoms with van der Waals surface area (Å²) >= 11 is 1.08. The van der Waals surface area contributed by atoms with E-state index >= 15 is 0 Å². The van der Waals surface area contributed by atoms with Crippen molar-refractivity contribution in [2.24, 2.45) is 0 Å². The van der Waals surface area contributed by atoms with E-state index in [0.29, 0.717) is 0 Å². The molecule has 0 heterocycles. The van der Waals surface area contributed by atoms with Crippen LogP contribution in [-0.2, 0) is 0 Å². The van der Waals surface area contributed by atoms with Gasteiger partial charge in [0.25, 0.3) is 0 Å². The highest BCUT2D eigenvalue weighted by Crippen LogP contribution is 2.22. The van der Waals surface area contributed by atoms with E-state index in [0.717, 1.165) is 16.7 Å². The summed E-state index contributed by atoms with van der Waals surface area (Å²) in [5.41, 5.74) is 0. The molecule has 0 fully saturated rings. The number of benzene rings is 1. The second kappa shape index (κ2) is 4.30. The lowest BCUT2D eigenvalue weighted by Crippen LogP contribution is -1.92. The third-order valence-corrected chi connectivity index (χ3v) is 2.24. The Hall–Kier alpha value is -0.770. The molecule has 0 amide bonds. The van der Waals surface area contributed by atoms with E-state index in [4.69, 9.17) is 5.11 Å². The van der Waals surface area contributed by atoms with Crippen molar-refractivity contribution in [3.8, 4) is 5.75 Å². The predicted octanol–water partition coefficient (Wildman–Crippen LogP) is 2.75. The van der Waals surface area contributed by atoms with E-state index in [1.807, 2.05) is 0 Å². The lowest BCUT2D eigenvalue weighted by atomic mass is 10.3. The molecule has 0 aromatic heterocycles. The molecular formula is C8H8F2OS. The van der Waals surface area contributed by atoms with Gasteiger partial charge in [-0.2, -0.15) is 0 Å². The standard InChI is InChI=1S/C8H8F2OS/c9-8(10)5-12-7-3-1-6(11)2-4-7/h1-4,8,11H,5H2. The molecule has 1 aromatic carbocycles. The minimum Gasteiger partial charge on any atom is -0.508 e. The molecule has 4 heteroatoms. The van der Waals surface area contributed by atoms with E-state index in [1.54, 1.807) is 12.1 Å². The number of phenolic OH excluding ortho intramolecular Hbond substituents is 1. The van der Waals surface area contributed by atoms with Crippen molar-refractivity contribution in [2.45, 2.75) is 11.3 Å². The number of hydrogen-bond acceptors (Lipinski definition) is 2. The Balaban J connectivity index is 2.48. The summed E-state index contributed by atoms with van der Waals surface area (Å²) in [6, 6.07) is 6.19. The zero-order chi connectivity index (χ0) is 8.97. The smallest absolute Gasteiger partial charge is 0.247 e. The molecular weight excluding hydrogens is 182 g/mol. The first-order chi connectivity index (χ1) is 5.68. The SMILES string of the molecule is Oc1ccc(SCC(F)F)cc1. The lowest BCUT2D eigenvalue weighted by molar-refractivity contribution is 0.177. The van der Waals surface area contributed by atoms with Gasteiger partial charge in [-0.1, -0.05) is 0 Å². The predicted molar refractivity (Wildman–Crippen MR) is 44.8 cm³/mol. The minimum atomic E-state index is -2.29. The van der Waals surface area contributed by atoms with Crippen LogP contribution >= 0.6 is 11.8 Å². The number of alkyl halides is 2. The van der Waals surface area contributed by atoms with Gasteiger partial charge >= 0.3 is 0 Å². The van der Waals surface area contributed by atoms with Crippen molar-refractivity contribution < 1.29 is 13.9 Å². The van der Waals surface area contributed by atoms with Crippen LogP contribution in [0.25, 0.3) is 0 Å². The molecule has 1 nitrogen and oxygen atoms in total. The van der Waals surface area contributed by atoms with Gasteiger partial charge in [0.05, 0.1) is 5.75 Å². The number of thioether (sulfide) groups is 1. The van der Waals surface area contributed by atoms with Gasteiger partial charge in [0.15, 0.2) is 0 Å². The molecule has 0 aliphatic rings. The molecule has 0 bridgehead atoms. The second-order valence-electron chi connectivity index (χ2n) is 2.20. The molecule has 0 saturated heterocycles. The molecule has 0 atom stereocenters. The van der Waals surface area contributed by atoms with Gasteiger partial charge in [0, 0.05) is 4.90 Å². The third kappa shape index (κ3) is 3.09. The number of halogens is 2. The lowest BCUT2D eigenvalue weighted by Gasteiger charge is -1.99. The summed E-state index contributed by atoms with van der Waals surface area (Å²) in [6.07, 6.45) is -2.29. The number of rotatable bonds is 3. The monoisotopic (exact) mass is 190 g/mol. The highest BCUT2D eigenvalue weighted by molar-refractivity contribution is 7.99. The topological polar surface area (TPSA) is 20.2 Å². The summed E-state index contributed by atoms with van der Waals surface area (Å²) in [5.74, 6) is -0.0542. The Kier molecular flexibility index (Phi) is 3.34. The summed E-state index contributed by atoms with van der Waals surface area (Å²) in [6.45, 7) is 0. The van der Waals surface area contributed by atoms with Crippen LogP contribution in [0, 0.1) is 0 Å². The summed E-state index contributed by atoms with van der Waals surface area (Å²) in [4.78, 5) is 0.744. The maximum absolute atomic E-state index is 11.7. The second-order valence-corrected chi connectivity index (χ2v) is 3.29. The van der Waals surface area contributed by atoms with Crippen LogP contribution < -0.4 is 0 Å². The first-order valence-electron chi connectivity index (χ1n) is 3.38. The van der Waals surface area contributed by atoms with Crippen LogP contribution in [0.3, 0.4) is 0 Å². The molecule has 66 valence electrons. The van der Waals surface area contributed by atoms with Crippen LogP contribution in [0.1, 0.15) is 0 Å². The van der Waals surface area contributed by atoms with Crippen molar-refractivity contribution in [3.05, 3.63) is 24.3 Å². The first kappa shape index (κ1) is 9.32. The first-order valence-corrected chi connectivity index (χ1v) is 4.37. The average molecular weight is 190 g/mol. The summed E-state index contributed by atoms with van der Waals surface area (Å²) in [5, 5.41) is 8.88. The van der Waals surface area contributed by atoms with Crippen molar-refractivity contribution in [3.63, 3.8) is 0 Å². The fraction of sp³-hybridized carbons (Fsp3) is 0.250. The van der Waals surface area contributed by atoms with Gasteiger partial charge in [0.1, 0.15) is 5.75 Å². The van der Waals surface area contributed by atoms with Crippen molar-refractivity contribution in [2.75, 3.05) is 5.75 Å². The number of aromatic hydroxyl groups is 1. The van der Waals surface area contributed by atoms with Crippen LogP contribution in [0.4, 0.5) is 8.78 Å². The normalized spacial score (nSPS) is 10.6. The number of phenols is 1. The maximum atomic E-state index is 11.7. The van der Waals surface area contributed by atoms with Gasteiger partial charge in [-0.15, -0.1) is 11.8 Å². The molecule has 0 spiro atoms. The van der Waals surface area contributed by atoms with Crippen LogP contribution in [-0.4, -0.2) is 17.3 Å². The molecule has 0 aliphatic heterocycles. The Bertz CT molecular complexity index is 235. The van der Waals surface area contributed by atoms with Gasteiger partial charge < -0.3 is 5.11 Å². The molecule has 0 saturated carbocycles. The van der Waals surface area contributed by atoms with Crippen LogP contribution in [0.15, 0.2) is 29.2 Å². The van der Waals surface area contributed by atoms with Crippen molar-refractivity contribution in [1.29, 1.82) is 0 Å². The Morgan fingerprint density at radius 3 is 2.33 bits per heavy atom. The molecule has 1 N–H and O–H groups in total. The van der Waals surface area contributed by atoms with E-state index in [-0.39, 0.29) is 11.5 Å². The van der Waals surface area contributed by atoms with Gasteiger partial charge in [-0.05, 0) is 24.3 Å². The molecule has 0 aliphatic carbocycles.